The van der Waals surface area contributed by atoms with Crippen molar-refractivity contribution in [2.24, 2.45) is 0 Å². The minimum atomic E-state index is -3.07. The number of amides is 1. The molecule has 0 atom stereocenters. The highest BCUT2D eigenvalue weighted by molar-refractivity contribution is 5.78. The lowest BCUT2D eigenvalue weighted by Gasteiger charge is -2.24. The van der Waals surface area contributed by atoms with Crippen molar-refractivity contribution in [1.29, 1.82) is 0 Å². The minimum Gasteiger partial charge on any atom is -0.494 e. The number of ether oxygens (including phenoxy) is 1. The zero-order valence-corrected chi connectivity index (χ0v) is 17.6. The van der Waals surface area contributed by atoms with Crippen molar-refractivity contribution < 1.29 is 18.3 Å². The van der Waals surface area contributed by atoms with E-state index in [9.17, 15) is 13.6 Å². The summed E-state index contributed by atoms with van der Waals surface area (Å²) in [6.07, 6.45) is 5.72. The number of nitrogens with one attached hydrogen (secondary N) is 1. The SMILES string of the molecule is CCCCOc1cccc(C(F)(F)CNCC(=O)N(CCCC)CCCC)c1. The predicted octanol–water partition coefficient (Wildman–Crippen LogP) is 4.98. The monoisotopic (exact) mass is 398 g/mol. The molecule has 0 radical (unpaired) electrons. The summed E-state index contributed by atoms with van der Waals surface area (Å²) in [5.74, 6) is -2.73. The van der Waals surface area contributed by atoms with Crippen molar-refractivity contribution in [2.45, 2.75) is 65.2 Å². The number of rotatable bonds is 15. The van der Waals surface area contributed by atoms with Crippen molar-refractivity contribution in [3.05, 3.63) is 29.8 Å². The fraction of sp³-hybridized carbons (Fsp3) is 0.682. The van der Waals surface area contributed by atoms with Gasteiger partial charge in [-0.05, 0) is 31.4 Å². The van der Waals surface area contributed by atoms with E-state index in [1.54, 1.807) is 17.0 Å². The van der Waals surface area contributed by atoms with E-state index in [-0.39, 0.29) is 18.0 Å². The number of hydrogen-bond donors (Lipinski definition) is 1. The second-order valence-corrected chi connectivity index (χ2v) is 7.13. The first kappa shape index (κ1) is 24.3. The molecule has 0 fully saturated rings. The van der Waals surface area contributed by atoms with Crippen LogP contribution < -0.4 is 10.1 Å². The summed E-state index contributed by atoms with van der Waals surface area (Å²) >= 11 is 0. The van der Waals surface area contributed by atoms with E-state index in [4.69, 9.17) is 4.74 Å². The number of unbranched alkanes of at least 4 members (excludes halogenated alkanes) is 3. The standard InChI is InChI=1S/C22H36F2N2O2/c1-4-7-13-26(14-8-5-2)21(27)17-25-18-22(23,24)19-11-10-12-20(16-19)28-15-9-6-3/h10-12,16,25H,4-9,13-15,17-18H2,1-3H3. The Morgan fingerprint density at radius 2 is 1.71 bits per heavy atom. The third-order valence-corrected chi connectivity index (χ3v) is 4.56. The number of hydrogen-bond acceptors (Lipinski definition) is 3. The van der Waals surface area contributed by atoms with Crippen molar-refractivity contribution in [2.75, 3.05) is 32.8 Å². The molecule has 1 N–H and O–H groups in total. The van der Waals surface area contributed by atoms with E-state index >= 15 is 0 Å². The highest BCUT2D eigenvalue weighted by Gasteiger charge is 2.31. The summed E-state index contributed by atoms with van der Waals surface area (Å²) in [5.41, 5.74) is -0.102. The third kappa shape index (κ3) is 9.00. The quantitative estimate of drug-likeness (QED) is 0.424. The van der Waals surface area contributed by atoms with E-state index in [0.29, 0.717) is 25.4 Å². The third-order valence-electron chi connectivity index (χ3n) is 4.56. The molecule has 0 saturated carbocycles. The Balaban J connectivity index is 2.57. The molecular formula is C22H36F2N2O2. The molecule has 4 nitrogen and oxygen atoms in total. The predicted molar refractivity (Wildman–Crippen MR) is 110 cm³/mol. The van der Waals surface area contributed by atoms with Gasteiger partial charge in [0.1, 0.15) is 5.75 Å². The summed E-state index contributed by atoms with van der Waals surface area (Å²) in [5, 5.41) is 2.65. The Kier molecular flexibility index (Phi) is 11.7. The van der Waals surface area contributed by atoms with Crippen molar-refractivity contribution in [1.82, 2.24) is 10.2 Å². The fourth-order valence-corrected chi connectivity index (χ4v) is 2.75. The second kappa shape index (κ2) is 13.5. The van der Waals surface area contributed by atoms with Crippen LogP contribution in [-0.2, 0) is 10.7 Å². The van der Waals surface area contributed by atoms with Gasteiger partial charge in [-0.15, -0.1) is 0 Å². The van der Waals surface area contributed by atoms with Crippen LogP contribution in [0.3, 0.4) is 0 Å². The van der Waals surface area contributed by atoms with E-state index in [0.717, 1.165) is 38.5 Å². The minimum absolute atomic E-state index is 0.0737. The van der Waals surface area contributed by atoms with Crippen LogP contribution in [-0.4, -0.2) is 43.6 Å². The Labute approximate surface area is 168 Å². The van der Waals surface area contributed by atoms with Crippen LogP contribution in [0.15, 0.2) is 24.3 Å². The Morgan fingerprint density at radius 3 is 2.32 bits per heavy atom. The summed E-state index contributed by atoms with van der Waals surface area (Å²) in [6.45, 7) is 7.43. The molecule has 1 amide bonds. The van der Waals surface area contributed by atoms with Gasteiger partial charge < -0.3 is 15.0 Å². The average Bonchev–Trinajstić information content (AvgIpc) is 2.68. The molecule has 0 spiro atoms. The zero-order chi connectivity index (χ0) is 20.8. The first-order valence-corrected chi connectivity index (χ1v) is 10.5. The maximum atomic E-state index is 14.5. The van der Waals surface area contributed by atoms with Gasteiger partial charge in [0, 0.05) is 18.7 Å². The second-order valence-electron chi connectivity index (χ2n) is 7.13. The van der Waals surface area contributed by atoms with Crippen LogP contribution in [0.5, 0.6) is 5.75 Å². The van der Waals surface area contributed by atoms with Crippen LogP contribution in [0, 0.1) is 0 Å². The van der Waals surface area contributed by atoms with Gasteiger partial charge in [0.05, 0.1) is 19.7 Å². The number of carbonyl (C=O) groups excluding carboxylic acids is 1. The largest absolute Gasteiger partial charge is 0.494 e. The molecule has 0 aromatic heterocycles. The van der Waals surface area contributed by atoms with E-state index in [2.05, 4.69) is 19.2 Å². The zero-order valence-electron chi connectivity index (χ0n) is 17.6. The molecule has 0 aliphatic rings. The van der Waals surface area contributed by atoms with Gasteiger partial charge in [-0.3, -0.25) is 4.79 Å². The molecule has 0 bridgehead atoms. The van der Waals surface area contributed by atoms with Gasteiger partial charge in [-0.25, -0.2) is 0 Å². The summed E-state index contributed by atoms with van der Waals surface area (Å²) in [7, 11) is 0. The lowest BCUT2D eigenvalue weighted by Crippen LogP contribution is -2.42. The molecule has 0 unspecified atom stereocenters. The molecule has 0 aliphatic carbocycles. The van der Waals surface area contributed by atoms with Crippen molar-refractivity contribution in [3.8, 4) is 5.75 Å². The molecule has 28 heavy (non-hydrogen) atoms. The Bertz CT molecular complexity index is 559. The summed E-state index contributed by atoms with van der Waals surface area (Å²) in [6, 6.07) is 6.04. The number of alkyl halides is 2. The molecule has 1 aromatic carbocycles. The highest BCUT2D eigenvalue weighted by Crippen LogP contribution is 2.29. The molecule has 1 aromatic rings. The molecule has 1 rings (SSSR count). The van der Waals surface area contributed by atoms with Crippen LogP contribution >= 0.6 is 0 Å². The van der Waals surface area contributed by atoms with E-state index < -0.39 is 12.5 Å². The van der Waals surface area contributed by atoms with Gasteiger partial charge in [-0.2, -0.15) is 8.78 Å². The highest BCUT2D eigenvalue weighted by atomic mass is 19.3. The fourth-order valence-electron chi connectivity index (χ4n) is 2.75. The average molecular weight is 399 g/mol. The van der Waals surface area contributed by atoms with Crippen molar-refractivity contribution >= 4 is 5.91 Å². The van der Waals surface area contributed by atoms with Gasteiger partial charge in [0.25, 0.3) is 5.92 Å². The topological polar surface area (TPSA) is 41.6 Å². The molecule has 0 heterocycles. The van der Waals surface area contributed by atoms with Crippen LogP contribution in [0.4, 0.5) is 8.78 Å². The number of halogens is 2. The van der Waals surface area contributed by atoms with Crippen LogP contribution in [0.1, 0.15) is 64.9 Å². The first-order chi connectivity index (χ1) is 13.4. The lowest BCUT2D eigenvalue weighted by atomic mass is 10.1. The van der Waals surface area contributed by atoms with E-state index in [1.807, 2.05) is 6.92 Å². The van der Waals surface area contributed by atoms with Crippen molar-refractivity contribution in [3.63, 3.8) is 0 Å². The van der Waals surface area contributed by atoms with Gasteiger partial charge >= 0.3 is 0 Å². The van der Waals surface area contributed by atoms with Crippen LogP contribution in [0.25, 0.3) is 0 Å². The lowest BCUT2D eigenvalue weighted by molar-refractivity contribution is -0.130. The normalized spacial score (nSPS) is 11.5. The van der Waals surface area contributed by atoms with Gasteiger partial charge in [-0.1, -0.05) is 52.2 Å². The molecule has 6 heteroatoms. The molecule has 0 aliphatic heterocycles. The summed E-state index contributed by atoms with van der Waals surface area (Å²) < 4.78 is 34.6. The maximum absolute atomic E-state index is 14.5. The van der Waals surface area contributed by atoms with Gasteiger partial charge in [0.2, 0.25) is 5.91 Å². The van der Waals surface area contributed by atoms with E-state index in [1.165, 1.54) is 12.1 Å². The number of nitrogens with zero attached hydrogens (tertiary/aromatic N) is 1. The summed E-state index contributed by atoms with van der Waals surface area (Å²) in [4.78, 5) is 14.2. The maximum Gasteiger partial charge on any atom is 0.285 e. The number of carbonyl (C=O) groups is 1. The smallest absolute Gasteiger partial charge is 0.285 e. The first-order valence-electron chi connectivity index (χ1n) is 10.5. The molecule has 0 saturated heterocycles. The molecular weight excluding hydrogens is 362 g/mol. The van der Waals surface area contributed by atoms with Gasteiger partial charge in [0.15, 0.2) is 0 Å². The molecule has 160 valence electrons. The Hall–Kier alpha value is -1.69. The van der Waals surface area contributed by atoms with Crippen LogP contribution in [0.2, 0.25) is 0 Å². The Morgan fingerprint density at radius 1 is 1.07 bits per heavy atom. The number of benzene rings is 1.